The van der Waals surface area contributed by atoms with E-state index in [0.29, 0.717) is 23.9 Å². The molecule has 0 aliphatic heterocycles. The van der Waals surface area contributed by atoms with E-state index in [1.165, 1.54) is 0 Å². The molecule has 0 aromatic heterocycles. The van der Waals surface area contributed by atoms with E-state index in [1.54, 1.807) is 43.5 Å². The summed E-state index contributed by atoms with van der Waals surface area (Å²) in [5.41, 5.74) is 2.81. The molecule has 27 heavy (non-hydrogen) atoms. The lowest BCUT2D eigenvalue weighted by molar-refractivity contribution is -0.120. The molecule has 0 bridgehead atoms. The first-order chi connectivity index (χ1) is 12.8. The number of hydrogen-bond acceptors (Lipinski definition) is 4. The zero-order chi connectivity index (χ0) is 19.6. The summed E-state index contributed by atoms with van der Waals surface area (Å²) in [5, 5.41) is 2.94. The SMILES string of the molecule is COc1c(C)cc(S(=O)(=O)Nc2ccc(CC(=O)NC3CC3)cc2)cc1C. The van der Waals surface area contributed by atoms with Crippen LogP contribution < -0.4 is 14.8 Å². The smallest absolute Gasteiger partial charge is 0.261 e. The van der Waals surface area contributed by atoms with E-state index in [1.807, 2.05) is 13.8 Å². The molecule has 2 N–H and O–H groups in total. The van der Waals surface area contributed by atoms with E-state index in [2.05, 4.69) is 10.0 Å². The van der Waals surface area contributed by atoms with Crippen molar-refractivity contribution in [3.63, 3.8) is 0 Å². The summed E-state index contributed by atoms with van der Waals surface area (Å²) in [4.78, 5) is 12.0. The van der Waals surface area contributed by atoms with Gasteiger partial charge in [0.25, 0.3) is 10.0 Å². The van der Waals surface area contributed by atoms with Crippen molar-refractivity contribution in [2.45, 2.75) is 44.0 Å². The minimum atomic E-state index is -3.71. The molecule has 3 rings (SSSR count). The number of benzene rings is 2. The van der Waals surface area contributed by atoms with E-state index in [9.17, 15) is 13.2 Å². The first kappa shape index (κ1) is 19.2. The number of aryl methyl sites for hydroxylation is 2. The van der Waals surface area contributed by atoms with Gasteiger partial charge in [-0.05, 0) is 67.6 Å². The Morgan fingerprint density at radius 2 is 1.70 bits per heavy atom. The average molecular weight is 388 g/mol. The zero-order valence-corrected chi connectivity index (χ0v) is 16.5. The normalized spacial score (nSPS) is 13.9. The monoisotopic (exact) mass is 388 g/mol. The number of amides is 1. The molecule has 0 unspecified atom stereocenters. The van der Waals surface area contributed by atoms with Crippen molar-refractivity contribution in [3.05, 3.63) is 53.1 Å². The summed E-state index contributed by atoms with van der Waals surface area (Å²) in [7, 11) is -2.15. The molecule has 0 saturated heterocycles. The highest BCUT2D eigenvalue weighted by Gasteiger charge is 2.23. The molecule has 6 nitrogen and oxygen atoms in total. The lowest BCUT2D eigenvalue weighted by atomic mass is 10.1. The van der Waals surface area contributed by atoms with Gasteiger partial charge >= 0.3 is 0 Å². The molecule has 0 radical (unpaired) electrons. The van der Waals surface area contributed by atoms with Gasteiger partial charge in [-0.15, -0.1) is 0 Å². The molecular formula is C20H24N2O4S. The maximum Gasteiger partial charge on any atom is 0.261 e. The third kappa shape index (κ3) is 4.80. The summed E-state index contributed by atoms with van der Waals surface area (Å²) >= 11 is 0. The fourth-order valence-electron chi connectivity index (χ4n) is 2.98. The Balaban J connectivity index is 1.71. The van der Waals surface area contributed by atoms with Gasteiger partial charge in [0.05, 0.1) is 18.4 Å². The summed E-state index contributed by atoms with van der Waals surface area (Å²) in [6, 6.07) is 10.4. The van der Waals surface area contributed by atoms with Gasteiger partial charge in [-0.3, -0.25) is 9.52 Å². The van der Waals surface area contributed by atoms with Crippen LogP contribution in [0, 0.1) is 13.8 Å². The van der Waals surface area contributed by atoms with Crippen LogP contribution in [0.25, 0.3) is 0 Å². The fraction of sp³-hybridized carbons (Fsp3) is 0.350. The average Bonchev–Trinajstić information content (AvgIpc) is 3.40. The van der Waals surface area contributed by atoms with Gasteiger partial charge in [0, 0.05) is 11.7 Å². The lowest BCUT2D eigenvalue weighted by Crippen LogP contribution is -2.26. The molecule has 0 spiro atoms. The number of anilines is 1. The molecule has 144 valence electrons. The number of hydrogen-bond donors (Lipinski definition) is 2. The van der Waals surface area contributed by atoms with Crippen LogP contribution in [0.15, 0.2) is 41.3 Å². The highest BCUT2D eigenvalue weighted by atomic mass is 32.2. The van der Waals surface area contributed by atoms with Crippen molar-refractivity contribution in [2.24, 2.45) is 0 Å². The van der Waals surface area contributed by atoms with Crippen molar-refractivity contribution < 1.29 is 17.9 Å². The minimum absolute atomic E-state index is 0.00462. The molecule has 1 fully saturated rings. The second kappa shape index (κ2) is 7.60. The van der Waals surface area contributed by atoms with E-state index in [0.717, 1.165) is 29.5 Å². The molecule has 0 atom stereocenters. The topological polar surface area (TPSA) is 84.5 Å². The fourth-order valence-corrected chi connectivity index (χ4v) is 4.21. The van der Waals surface area contributed by atoms with Gasteiger partial charge in [-0.1, -0.05) is 12.1 Å². The summed E-state index contributed by atoms with van der Waals surface area (Å²) < 4.78 is 33.2. The zero-order valence-electron chi connectivity index (χ0n) is 15.7. The molecule has 2 aromatic rings. The summed E-state index contributed by atoms with van der Waals surface area (Å²) in [6.45, 7) is 3.62. The van der Waals surface area contributed by atoms with Crippen LogP contribution in [0.1, 0.15) is 29.5 Å². The Bertz CT molecular complexity index is 925. The molecule has 1 aliphatic carbocycles. The largest absolute Gasteiger partial charge is 0.496 e. The number of methoxy groups -OCH3 is 1. The minimum Gasteiger partial charge on any atom is -0.496 e. The Kier molecular flexibility index (Phi) is 5.41. The van der Waals surface area contributed by atoms with Crippen LogP contribution in [0.4, 0.5) is 5.69 Å². The van der Waals surface area contributed by atoms with Crippen molar-refractivity contribution in [3.8, 4) is 5.75 Å². The predicted octanol–water partition coefficient (Wildman–Crippen LogP) is 2.93. The second-order valence-electron chi connectivity index (χ2n) is 6.91. The van der Waals surface area contributed by atoms with Gasteiger partial charge < -0.3 is 10.1 Å². The number of ether oxygens (including phenoxy) is 1. The van der Waals surface area contributed by atoms with Crippen LogP contribution in [0.2, 0.25) is 0 Å². The number of nitrogens with one attached hydrogen (secondary N) is 2. The molecule has 0 heterocycles. The van der Waals surface area contributed by atoms with Gasteiger partial charge in [-0.2, -0.15) is 0 Å². The van der Waals surface area contributed by atoms with Crippen molar-refractivity contribution >= 4 is 21.6 Å². The maximum absolute atomic E-state index is 12.7. The number of carbonyl (C=O) groups excluding carboxylic acids is 1. The molecule has 2 aromatic carbocycles. The quantitative estimate of drug-likeness (QED) is 0.764. The van der Waals surface area contributed by atoms with E-state index >= 15 is 0 Å². The molecule has 1 saturated carbocycles. The number of sulfonamides is 1. The highest BCUT2D eigenvalue weighted by Crippen LogP contribution is 2.27. The van der Waals surface area contributed by atoms with Crippen LogP contribution >= 0.6 is 0 Å². The van der Waals surface area contributed by atoms with Gasteiger partial charge in [0.15, 0.2) is 0 Å². The highest BCUT2D eigenvalue weighted by molar-refractivity contribution is 7.92. The van der Waals surface area contributed by atoms with Crippen LogP contribution in [0.3, 0.4) is 0 Å². The molecule has 1 amide bonds. The second-order valence-corrected chi connectivity index (χ2v) is 8.59. The van der Waals surface area contributed by atoms with Crippen molar-refractivity contribution in [1.82, 2.24) is 5.32 Å². The van der Waals surface area contributed by atoms with Gasteiger partial charge in [-0.25, -0.2) is 8.42 Å². The first-order valence-electron chi connectivity index (χ1n) is 8.85. The van der Waals surface area contributed by atoms with Gasteiger partial charge in [0.1, 0.15) is 5.75 Å². The summed E-state index contributed by atoms with van der Waals surface area (Å²) in [5.74, 6) is 0.679. The van der Waals surface area contributed by atoms with Crippen LogP contribution in [0.5, 0.6) is 5.75 Å². The standard InChI is InChI=1S/C20H24N2O4S/c1-13-10-18(11-14(2)20(13)26-3)27(24,25)22-17-6-4-15(5-7-17)12-19(23)21-16-8-9-16/h4-7,10-11,16,22H,8-9,12H2,1-3H3,(H,21,23). The maximum atomic E-state index is 12.7. The summed E-state index contributed by atoms with van der Waals surface area (Å²) in [6.07, 6.45) is 2.40. The Hall–Kier alpha value is -2.54. The number of rotatable bonds is 7. The van der Waals surface area contributed by atoms with Gasteiger partial charge in [0.2, 0.25) is 5.91 Å². The van der Waals surface area contributed by atoms with Crippen molar-refractivity contribution in [2.75, 3.05) is 11.8 Å². The number of carbonyl (C=O) groups is 1. The van der Waals surface area contributed by atoms with Crippen LogP contribution in [-0.2, 0) is 21.2 Å². The Morgan fingerprint density at radius 1 is 1.11 bits per heavy atom. The van der Waals surface area contributed by atoms with Crippen LogP contribution in [-0.4, -0.2) is 27.5 Å². The van der Waals surface area contributed by atoms with Crippen molar-refractivity contribution in [1.29, 1.82) is 0 Å². The molecular weight excluding hydrogens is 364 g/mol. The molecule has 7 heteroatoms. The third-order valence-corrected chi connectivity index (χ3v) is 5.82. The Morgan fingerprint density at radius 3 is 2.22 bits per heavy atom. The van der Waals surface area contributed by atoms with E-state index < -0.39 is 10.0 Å². The first-order valence-corrected chi connectivity index (χ1v) is 10.3. The lowest BCUT2D eigenvalue weighted by Gasteiger charge is -2.13. The van der Waals surface area contributed by atoms with E-state index in [4.69, 9.17) is 4.74 Å². The predicted molar refractivity (Wildman–Crippen MR) is 105 cm³/mol. The molecule has 1 aliphatic rings. The Labute approximate surface area is 160 Å². The van der Waals surface area contributed by atoms with E-state index in [-0.39, 0.29) is 10.8 Å². The third-order valence-electron chi connectivity index (χ3n) is 4.46.